The smallest absolute Gasteiger partial charge is 0.297 e. The van der Waals surface area contributed by atoms with Crippen LogP contribution in [-0.4, -0.2) is 14.1 Å². The van der Waals surface area contributed by atoms with Crippen LogP contribution in [0.5, 0.6) is 11.5 Å². The molecule has 44 heavy (non-hydrogen) atoms. The van der Waals surface area contributed by atoms with Crippen LogP contribution < -0.4 is 14.0 Å². The summed E-state index contributed by atoms with van der Waals surface area (Å²) in [7, 11) is 4.23. The minimum atomic E-state index is 0.351. The molecule has 6 heteroatoms. The molecule has 0 fully saturated rings. The molecule has 6 nitrogen and oxygen atoms in total. The van der Waals surface area contributed by atoms with Crippen LogP contribution in [0, 0.1) is 13.8 Å². The van der Waals surface area contributed by atoms with Gasteiger partial charge in [0, 0.05) is 11.1 Å². The van der Waals surface area contributed by atoms with Gasteiger partial charge < -0.3 is 4.74 Å². The fourth-order valence-corrected chi connectivity index (χ4v) is 7.05. The first-order valence-electron chi connectivity index (χ1n) is 15.2. The van der Waals surface area contributed by atoms with Crippen LogP contribution in [0.3, 0.4) is 0 Å². The first kappa shape index (κ1) is 26.4. The lowest BCUT2D eigenvalue weighted by molar-refractivity contribution is -0.741. The van der Waals surface area contributed by atoms with Crippen LogP contribution in [0.25, 0.3) is 55.1 Å². The van der Waals surface area contributed by atoms with E-state index in [1.165, 1.54) is 32.9 Å². The van der Waals surface area contributed by atoms with Crippen molar-refractivity contribution in [3.8, 4) is 17.2 Å². The highest BCUT2D eigenvalue weighted by Gasteiger charge is 2.28. The average Bonchev–Trinajstić information content (AvgIpc) is 3.52. The number of nitrogens with zero attached hydrogens (tertiary/aromatic N) is 5. The van der Waals surface area contributed by atoms with Gasteiger partial charge in [0.1, 0.15) is 28.2 Å². The Hall–Kier alpha value is -5.23. The quantitative estimate of drug-likeness (QED) is 0.157. The largest absolute Gasteiger partial charge is 0.455 e. The maximum absolute atomic E-state index is 6.79. The number of rotatable bonds is 4. The standard InChI is InChI=1S/C38H35N5O/c1-23(2)27-14-11-19-32-36(27)37-35(38-41(6)30-16-9-10-17-31(30)42(32)38)25(4)34(21-39-37)44-33-20-12-18-28(24(33)3)43-29-15-8-7-13-26(29)22-40(43)5/h7-23H,1-6H3/q+2. The second-order valence-corrected chi connectivity index (χ2v) is 12.1. The molecule has 0 N–H and O–H groups in total. The molecule has 0 atom stereocenters. The Balaban J connectivity index is 1.39. The van der Waals surface area contributed by atoms with E-state index in [0.717, 1.165) is 50.4 Å². The fourth-order valence-electron chi connectivity index (χ4n) is 7.05. The van der Waals surface area contributed by atoms with Crippen molar-refractivity contribution in [3.05, 3.63) is 114 Å². The molecule has 0 aliphatic heterocycles. The minimum Gasteiger partial charge on any atom is -0.455 e. The van der Waals surface area contributed by atoms with Gasteiger partial charge in [0.2, 0.25) is 6.20 Å². The Morgan fingerprint density at radius 1 is 0.727 bits per heavy atom. The first-order chi connectivity index (χ1) is 21.3. The lowest BCUT2D eigenvalue weighted by Gasteiger charge is -2.16. The van der Waals surface area contributed by atoms with E-state index in [2.05, 4.69) is 145 Å². The summed E-state index contributed by atoms with van der Waals surface area (Å²) < 4.78 is 15.8. The summed E-state index contributed by atoms with van der Waals surface area (Å²) in [5.41, 5.74) is 11.3. The van der Waals surface area contributed by atoms with Crippen LogP contribution in [0.4, 0.5) is 0 Å². The summed E-state index contributed by atoms with van der Waals surface area (Å²) in [5, 5.41) is 3.50. The molecule has 0 aliphatic carbocycles. The normalized spacial score (nSPS) is 12.1. The fraction of sp³-hybridized carbons (Fsp3) is 0.184. The van der Waals surface area contributed by atoms with Crippen LogP contribution in [0.2, 0.25) is 0 Å². The van der Waals surface area contributed by atoms with E-state index in [1.54, 1.807) is 0 Å². The minimum absolute atomic E-state index is 0.351. The van der Waals surface area contributed by atoms with Crippen molar-refractivity contribution >= 4 is 49.4 Å². The summed E-state index contributed by atoms with van der Waals surface area (Å²) in [6, 6.07) is 30.0. The van der Waals surface area contributed by atoms with Gasteiger partial charge in [-0.1, -0.05) is 56.3 Å². The van der Waals surface area contributed by atoms with Crippen molar-refractivity contribution in [1.82, 2.24) is 14.1 Å². The van der Waals surface area contributed by atoms with Crippen LogP contribution in [-0.2, 0) is 14.1 Å². The molecule has 0 aliphatic rings. The molecule has 216 valence electrons. The van der Waals surface area contributed by atoms with Gasteiger partial charge in [0.15, 0.2) is 18.1 Å². The van der Waals surface area contributed by atoms with Gasteiger partial charge in [-0.3, -0.25) is 4.98 Å². The maximum atomic E-state index is 6.79. The van der Waals surface area contributed by atoms with E-state index in [1.807, 2.05) is 12.3 Å². The highest BCUT2D eigenvalue weighted by atomic mass is 16.5. The first-order valence-corrected chi connectivity index (χ1v) is 15.2. The van der Waals surface area contributed by atoms with Gasteiger partial charge in [0.05, 0.1) is 34.9 Å². The molecule has 0 amide bonds. The Kier molecular flexibility index (Phi) is 5.79. The third kappa shape index (κ3) is 3.63. The van der Waals surface area contributed by atoms with Gasteiger partial charge in [0.25, 0.3) is 5.65 Å². The van der Waals surface area contributed by atoms with Gasteiger partial charge in [-0.2, -0.15) is 4.40 Å². The second kappa shape index (κ2) is 9.64. The number of imidazole rings is 1. The molecule has 8 aromatic rings. The van der Waals surface area contributed by atoms with Crippen LogP contribution in [0.1, 0.15) is 36.5 Å². The van der Waals surface area contributed by atoms with Gasteiger partial charge >= 0.3 is 0 Å². The van der Waals surface area contributed by atoms with E-state index in [-0.39, 0.29) is 0 Å². The number of hydrogen-bond donors (Lipinski definition) is 0. The summed E-state index contributed by atoms with van der Waals surface area (Å²) in [6.45, 7) is 8.81. The SMILES string of the molecule is Cc1c(Oc2cnc3c4c(C(C)C)cccc4n4c5ccccc5[n+](C)c4c3c2C)cccc1-n1c2ccccc2c[n+]1C. The second-order valence-electron chi connectivity index (χ2n) is 12.1. The van der Waals surface area contributed by atoms with E-state index in [9.17, 15) is 0 Å². The van der Waals surface area contributed by atoms with Gasteiger partial charge in [-0.15, -0.1) is 9.36 Å². The molecule has 0 spiro atoms. The van der Waals surface area contributed by atoms with E-state index >= 15 is 0 Å². The Bertz CT molecular complexity index is 2450. The summed E-state index contributed by atoms with van der Waals surface area (Å²) in [6.07, 6.45) is 4.06. The van der Waals surface area contributed by atoms with E-state index in [0.29, 0.717) is 5.92 Å². The lowest BCUT2D eigenvalue weighted by atomic mass is 9.95. The maximum Gasteiger partial charge on any atom is 0.297 e. The molecule has 4 aromatic carbocycles. The molecule has 0 bridgehead atoms. The monoisotopic (exact) mass is 577 g/mol. The lowest BCUT2D eigenvalue weighted by Crippen LogP contribution is -2.37. The molecule has 4 heterocycles. The van der Waals surface area contributed by atoms with Crippen LogP contribution >= 0.6 is 0 Å². The molecule has 8 rings (SSSR count). The van der Waals surface area contributed by atoms with Crippen molar-refractivity contribution in [3.63, 3.8) is 0 Å². The predicted octanol–water partition coefficient (Wildman–Crippen LogP) is 7.92. The number of para-hydroxylation sites is 3. The molecule has 0 saturated carbocycles. The third-order valence-corrected chi connectivity index (χ3v) is 9.21. The van der Waals surface area contributed by atoms with Gasteiger partial charge in [-0.05, 0) is 67.8 Å². The summed E-state index contributed by atoms with van der Waals surface area (Å²) >= 11 is 0. The average molecular weight is 578 g/mol. The molecule has 0 saturated heterocycles. The van der Waals surface area contributed by atoms with E-state index in [4.69, 9.17) is 9.72 Å². The van der Waals surface area contributed by atoms with Crippen molar-refractivity contribution in [2.24, 2.45) is 14.1 Å². The van der Waals surface area contributed by atoms with Crippen molar-refractivity contribution in [2.75, 3.05) is 0 Å². The Morgan fingerprint density at radius 3 is 2.27 bits per heavy atom. The van der Waals surface area contributed by atoms with Crippen molar-refractivity contribution in [1.29, 1.82) is 0 Å². The highest BCUT2D eigenvalue weighted by molar-refractivity contribution is 6.13. The number of aromatic nitrogens is 5. The molecule has 0 radical (unpaired) electrons. The number of fused-ring (bicyclic) bond motifs is 9. The summed E-state index contributed by atoms with van der Waals surface area (Å²) in [5.74, 6) is 1.92. The molecular weight excluding hydrogens is 542 g/mol. The van der Waals surface area contributed by atoms with E-state index < -0.39 is 0 Å². The Morgan fingerprint density at radius 2 is 1.45 bits per heavy atom. The highest BCUT2D eigenvalue weighted by Crippen LogP contribution is 2.40. The summed E-state index contributed by atoms with van der Waals surface area (Å²) in [4.78, 5) is 5.17. The van der Waals surface area contributed by atoms with Crippen molar-refractivity contribution in [2.45, 2.75) is 33.6 Å². The zero-order chi connectivity index (χ0) is 30.3. The number of pyridine rings is 2. The van der Waals surface area contributed by atoms with Crippen molar-refractivity contribution < 1.29 is 14.0 Å². The zero-order valence-corrected chi connectivity index (χ0v) is 26.0. The Labute approximate surface area is 256 Å². The number of hydrogen-bond acceptors (Lipinski definition) is 2. The predicted molar refractivity (Wildman–Crippen MR) is 177 cm³/mol. The molecular formula is C38H35N5O+2. The topological polar surface area (TPSA) is 39.2 Å². The zero-order valence-electron chi connectivity index (χ0n) is 26.0. The van der Waals surface area contributed by atoms with Gasteiger partial charge in [-0.25, -0.2) is 4.57 Å². The molecule has 0 unspecified atom stereocenters. The number of benzene rings is 4. The molecule has 4 aromatic heterocycles. The number of ether oxygens (including phenoxy) is 1. The van der Waals surface area contributed by atoms with Crippen LogP contribution in [0.15, 0.2) is 97.3 Å². The number of aryl methyl sites for hydroxylation is 3. The third-order valence-electron chi connectivity index (χ3n) is 9.21.